The lowest BCUT2D eigenvalue weighted by Gasteiger charge is -2.28. The van der Waals surface area contributed by atoms with Gasteiger partial charge in [-0.2, -0.15) is 0 Å². The summed E-state index contributed by atoms with van der Waals surface area (Å²) in [4.78, 5) is 58.3. The second-order valence-electron chi connectivity index (χ2n) is 10.5. The lowest BCUT2D eigenvalue weighted by Crippen LogP contribution is -2.50. The van der Waals surface area contributed by atoms with Gasteiger partial charge in [0.2, 0.25) is 17.7 Å². The van der Waals surface area contributed by atoms with Crippen molar-refractivity contribution in [3.05, 3.63) is 29.8 Å². The van der Waals surface area contributed by atoms with Crippen LogP contribution in [0.4, 0.5) is 0 Å². The molecule has 3 heterocycles. The van der Waals surface area contributed by atoms with Crippen LogP contribution in [0.1, 0.15) is 61.7 Å². The van der Waals surface area contributed by atoms with E-state index in [1.165, 1.54) is 25.7 Å². The Balaban J connectivity index is 1.48. The summed E-state index contributed by atoms with van der Waals surface area (Å²) in [6.07, 6.45) is 6.43. The number of fused-ring (bicyclic) bond motifs is 2. The van der Waals surface area contributed by atoms with E-state index in [1.54, 1.807) is 41.1 Å². The molecular formula is C28H41N5O5. The fraction of sp³-hybridized carbons (Fsp3) is 0.643. The van der Waals surface area contributed by atoms with Crippen LogP contribution in [0.3, 0.4) is 0 Å². The van der Waals surface area contributed by atoms with Crippen LogP contribution in [-0.2, 0) is 14.4 Å². The molecule has 4 amide bonds. The van der Waals surface area contributed by atoms with E-state index in [4.69, 9.17) is 4.74 Å². The standard InChI is InChI=1S/C28H41N5O5/c1-31-19-20-38-24-11-5-4-9-21(24)26(35)30-22(12-13-25(34)33-17-8-10-23(33)28(31)37)27(36)29-14-18-32-15-6-2-3-7-16-32/h4-5,9,11,22-23H,2-3,6-8,10,12-20H2,1H3,(H,29,36)(H,30,35)/t22-,23+/m0/s1. The number of nitrogens with zero attached hydrogens (tertiary/aromatic N) is 3. The Morgan fingerprint density at radius 2 is 1.76 bits per heavy atom. The third-order valence-electron chi connectivity index (χ3n) is 7.75. The van der Waals surface area contributed by atoms with Crippen molar-refractivity contribution in [2.45, 2.75) is 63.5 Å². The fourth-order valence-corrected chi connectivity index (χ4v) is 5.50. The molecule has 2 N–H and O–H groups in total. The second-order valence-corrected chi connectivity index (χ2v) is 10.5. The number of likely N-dealkylation sites (N-methyl/N-ethyl adjacent to an activating group) is 1. The molecule has 0 spiro atoms. The first-order chi connectivity index (χ1) is 18.4. The van der Waals surface area contributed by atoms with Gasteiger partial charge in [-0.1, -0.05) is 25.0 Å². The summed E-state index contributed by atoms with van der Waals surface area (Å²) in [5.74, 6) is -0.631. The van der Waals surface area contributed by atoms with Gasteiger partial charge in [-0.15, -0.1) is 0 Å². The Labute approximate surface area is 225 Å². The molecule has 1 aromatic rings. The van der Waals surface area contributed by atoms with Crippen molar-refractivity contribution in [3.8, 4) is 5.75 Å². The highest BCUT2D eigenvalue weighted by atomic mass is 16.5. The number of rotatable bonds is 4. The first-order valence-electron chi connectivity index (χ1n) is 14.0. The number of ether oxygens (including phenoxy) is 1. The summed E-state index contributed by atoms with van der Waals surface area (Å²) < 4.78 is 5.88. The van der Waals surface area contributed by atoms with E-state index >= 15 is 0 Å². The molecule has 208 valence electrons. The Bertz CT molecular complexity index is 994. The maximum absolute atomic E-state index is 13.3. The number of nitrogens with one attached hydrogen (secondary N) is 2. The minimum atomic E-state index is -0.881. The number of amides is 4. The minimum Gasteiger partial charge on any atom is -0.491 e. The van der Waals surface area contributed by atoms with Crippen LogP contribution in [0.5, 0.6) is 5.75 Å². The van der Waals surface area contributed by atoms with E-state index in [9.17, 15) is 19.2 Å². The van der Waals surface area contributed by atoms with Crippen LogP contribution in [-0.4, -0.2) is 103 Å². The Hall–Kier alpha value is -3.14. The van der Waals surface area contributed by atoms with Crippen LogP contribution >= 0.6 is 0 Å². The van der Waals surface area contributed by atoms with Gasteiger partial charge < -0.3 is 30.1 Å². The molecule has 2 atom stereocenters. The average molecular weight is 528 g/mol. The maximum atomic E-state index is 13.3. The number of hydrogen-bond acceptors (Lipinski definition) is 6. The van der Waals surface area contributed by atoms with E-state index in [0.29, 0.717) is 37.4 Å². The number of carbonyl (C=O) groups is 4. The summed E-state index contributed by atoms with van der Waals surface area (Å²) in [6, 6.07) is 5.48. The fourth-order valence-electron chi connectivity index (χ4n) is 5.50. The molecule has 0 aromatic heterocycles. The van der Waals surface area contributed by atoms with Gasteiger partial charge >= 0.3 is 0 Å². The van der Waals surface area contributed by atoms with E-state index in [2.05, 4.69) is 15.5 Å². The monoisotopic (exact) mass is 527 g/mol. The zero-order valence-corrected chi connectivity index (χ0v) is 22.5. The molecule has 2 saturated heterocycles. The molecule has 0 saturated carbocycles. The molecule has 0 bridgehead atoms. The third kappa shape index (κ3) is 7.24. The highest BCUT2D eigenvalue weighted by Crippen LogP contribution is 2.22. The van der Waals surface area contributed by atoms with Gasteiger partial charge in [0, 0.05) is 33.1 Å². The van der Waals surface area contributed by atoms with Crippen molar-refractivity contribution in [3.63, 3.8) is 0 Å². The second kappa shape index (κ2) is 13.6. The first-order valence-corrected chi connectivity index (χ1v) is 14.0. The topological polar surface area (TPSA) is 111 Å². The first kappa shape index (κ1) is 27.9. The zero-order chi connectivity index (χ0) is 26.9. The molecule has 10 heteroatoms. The predicted molar refractivity (Wildman–Crippen MR) is 143 cm³/mol. The van der Waals surface area contributed by atoms with Gasteiger partial charge in [0.05, 0.1) is 12.1 Å². The van der Waals surface area contributed by atoms with Gasteiger partial charge in [0.15, 0.2) is 0 Å². The summed E-state index contributed by atoms with van der Waals surface area (Å²) in [5.41, 5.74) is 0.311. The number of hydrogen-bond donors (Lipinski definition) is 2. The van der Waals surface area contributed by atoms with Crippen molar-refractivity contribution >= 4 is 23.6 Å². The van der Waals surface area contributed by atoms with Gasteiger partial charge in [-0.05, 0) is 57.3 Å². The predicted octanol–water partition coefficient (Wildman–Crippen LogP) is 1.40. The highest BCUT2D eigenvalue weighted by Gasteiger charge is 2.36. The normalized spacial score (nSPS) is 24.3. The van der Waals surface area contributed by atoms with E-state index < -0.39 is 18.0 Å². The molecule has 3 aliphatic rings. The van der Waals surface area contributed by atoms with Crippen LogP contribution < -0.4 is 15.4 Å². The quantitative estimate of drug-likeness (QED) is 0.613. The SMILES string of the molecule is CN1CCOc2ccccc2C(=O)N[C@H](C(=O)NCCN2CCCCCC2)CCC(=O)N2CCC[C@@H]2C1=O. The summed E-state index contributed by atoms with van der Waals surface area (Å²) in [6.45, 7) is 4.35. The van der Waals surface area contributed by atoms with Crippen molar-refractivity contribution in [1.82, 2.24) is 25.3 Å². The van der Waals surface area contributed by atoms with Crippen molar-refractivity contribution < 1.29 is 23.9 Å². The lowest BCUT2D eigenvalue weighted by molar-refractivity contribution is -0.143. The number of benzene rings is 1. The Kier molecular flexibility index (Phi) is 9.98. The maximum Gasteiger partial charge on any atom is 0.255 e. The number of likely N-dealkylation sites (tertiary alicyclic amines) is 1. The molecule has 0 unspecified atom stereocenters. The summed E-state index contributed by atoms with van der Waals surface area (Å²) in [7, 11) is 1.70. The molecule has 2 fully saturated rings. The Morgan fingerprint density at radius 1 is 1.00 bits per heavy atom. The molecule has 38 heavy (non-hydrogen) atoms. The molecule has 10 nitrogen and oxygen atoms in total. The Morgan fingerprint density at radius 3 is 2.55 bits per heavy atom. The summed E-state index contributed by atoms with van der Waals surface area (Å²) >= 11 is 0. The van der Waals surface area contributed by atoms with Crippen molar-refractivity contribution in [2.24, 2.45) is 0 Å². The van der Waals surface area contributed by atoms with Crippen LogP contribution in [0.2, 0.25) is 0 Å². The molecule has 0 aliphatic carbocycles. The average Bonchev–Trinajstić information content (AvgIpc) is 3.27. The van der Waals surface area contributed by atoms with Crippen LogP contribution in [0.25, 0.3) is 0 Å². The molecule has 3 aliphatic heterocycles. The number of carbonyl (C=O) groups excluding carboxylic acids is 4. The van der Waals surface area contributed by atoms with Crippen LogP contribution in [0.15, 0.2) is 24.3 Å². The molecule has 1 aromatic carbocycles. The van der Waals surface area contributed by atoms with E-state index in [0.717, 1.165) is 26.1 Å². The van der Waals surface area contributed by atoms with Gasteiger partial charge in [-0.25, -0.2) is 0 Å². The summed E-state index contributed by atoms with van der Waals surface area (Å²) in [5, 5.41) is 5.82. The van der Waals surface area contributed by atoms with Gasteiger partial charge in [0.25, 0.3) is 5.91 Å². The smallest absolute Gasteiger partial charge is 0.255 e. The molecule has 0 radical (unpaired) electrons. The van der Waals surface area contributed by atoms with E-state index in [1.807, 2.05) is 0 Å². The highest BCUT2D eigenvalue weighted by molar-refractivity contribution is 5.99. The zero-order valence-electron chi connectivity index (χ0n) is 22.5. The largest absolute Gasteiger partial charge is 0.491 e. The van der Waals surface area contributed by atoms with Crippen LogP contribution in [0, 0.1) is 0 Å². The van der Waals surface area contributed by atoms with Crippen molar-refractivity contribution in [1.29, 1.82) is 0 Å². The van der Waals surface area contributed by atoms with Crippen molar-refractivity contribution in [2.75, 3.05) is 52.9 Å². The third-order valence-corrected chi connectivity index (χ3v) is 7.75. The number of para-hydroxylation sites is 1. The molecular weight excluding hydrogens is 486 g/mol. The molecule has 4 rings (SSSR count). The van der Waals surface area contributed by atoms with E-state index in [-0.39, 0.29) is 37.2 Å². The lowest BCUT2D eigenvalue weighted by atomic mass is 10.1. The van der Waals surface area contributed by atoms with Gasteiger partial charge in [-0.3, -0.25) is 19.2 Å². The van der Waals surface area contributed by atoms with Gasteiger partial charge in [0.1, 0.15) is 24.4 Å². The minimum absolute atomic E-state index is 0.0656.